The van der Waals surface area contributed by atoms with E-state index in [0.29, 0.717) is 31.2 Å². The highest BCUT2D eigenvalue weighted by atomic mass is 19.1. The Morgan fingerprint density at radius 3 is 1.83 bits per heavy atom. The maximum absolute atomic E-state index is 13.4. The molecule has 0 aromatic heterocycles. The van der Waals surface area contributed by atoms with Gasteiger partial charge in [-0.15, -0.1) is 0 Å². The Labute approximate surface area is 176 Å². The average molecular weight is 415 g/mol. The summed E-state index contributed by atoms with van der Waals surface area (Å²) in [6.07, 6.45) is 0.868. The van der Waals surface area contributed by atoms with E-state index in [2.05, 4.69) is 17.0 Å². The summed E-state index contributed by atoms with van der Waals surface area (Å²) in [6, 6.07) is 12.2. The number of carbonyl (C=O) groups excluding carboxylic acids is 1. The minimum atomic E-state index is -0.331. The summed E-state index contributed by atoms with van der Waals surface area (Å²) in [6.45, 7) is 7.06. The van der Waals surface area contributed by atoms with Crippen LogP contribution in [0.5, 0.6) is 0 Å². The van der Waals surface area contributed by atoms with Gasteiger partial charge in [-0.3, -0.25) is 4.79 Å². The smallest absolute Gasteiger partial charge is 0.271 e. The molecule has 0 saturated carbocycles. The number of amides is 1. The van der Waals surface area contributed by atoms with Crippen LogP contribution in [0, 0.1) is 11.6 Å². The van der Waals surface area contributed by atoms with Gasteiger partial charge < -0.3 is 15.1 Å². The van der Waals surface area contributed by atoms with Crippen LogP contribution in [-0.2, 0) is 17.9 Å². The van der Waals surface area contributed by atoms with E-state index in [1.54, 1.807) is 31.3 Å². The molecular formula is C23H28F2N4O. The molecular weight excluding hydrogens is 386 g/mol. The second-order valence-corrected chi connectivity index (χ2v) is 6.94. The number of rotatable bonds is 10. The van der Waals surface area contributed by atoms with E-state index in [9.17, 15) is 13.6 Å². The molecule has 0 unspecified atom stereocenters. The summed E-state index contributed by atoms with van der Waals surface area (Å²) in [5, 5.41) is 2.67. The van der Waals surface area contributed by atoms with Crippen LogP contribution in [0.4, 0.5) is 8.78 Å². The second-order valence-electron chi connectivity index (χ2n) is 6.94. The summed E-state index contributed by atoms with van der Waals surface area (Å²) in [5.74, 6) is -0.533. The standard InChI is InChI=1S/C23H28F2N4O/c1-5-14-28(4)22(26-2)21(23(30)27-3)29(15-17-6-10-19(24)11-7-17)16-18-8-12-20(25)13-9-18/h6-13H,2,5,14-16H2,1,3-4H3,(H,27,30)/b22-21+. The van der Waals surface area contributed by atoms with E-state index in [-0.39, 0.29) is 17.5 Å². The first-order chi connectivity index (χ1) is 14.4. The van der Waals surface area contributed by atoms with E-state index in [1.807, 2.05) is 23.8 Å². The largest absolute Gasteiger partial charge is 0.358 e. The lowest BCUT2D eigenvalue weighted by Crippen LogP contribution is -2.36. The number of hydrogen-bond acceptors (Lipinski definition) is 4. The average Bonchev–Trinajstić information content (AvgIpc) is 2.74. The van der Waals surface area contributed by atoms with Crippen molar-refractivity contribution in [2.75, 3.05) is 20.6 Å². The quantitative estimate of drug-likeness (QED) is 0.474. The molecule has 2 aromatic rings. The number of likely N-dealkylation sites (N-methyl/N-ethyl adjacent to an activating group) is 1. The maximum atomic E-state index is 13.4. The highest BCUT2D eigenvalue weighted by molar-refractivity contribution is 5.93. The van der Waals surface area contributed by atoms with Gasteiger partial charge in [0, 0.05) is 33.7 Å². The number of halogens is 2. The van der Waals surface area contributed by atoms with Crippen LogP contribution in [0.2, 0.25) is 0 Å². The molecule has 0 aliphatic heterocycles. The Morgan fingerprint density at radius 2 is 1.47 bits per heavy atom. The van der Waals surface area contributed by atoms with Crippen molar-refractivity contribution >= 4 is 12.6 Å². The Balaban J connectivity index is 2.54. The molecule has 0 saturated heterocycles. The number of aliphatic imine (C=N–C) groups is 1. The van der Waals surface area contributed by atoms with Gasteiger partial charge in [0.15, 0.2) is 5.82 Å². The molecule has 0 radical (unpaired) electrons. The van der Waals surface area contributed by atoms with E-state index >= 15 is 0 Å². The van der Waals surface area contributed by atoms with Crippen molar-refractivity contribution in [3.05, 3.63) is 82.8 Å². The number of benzene rings is 2. The molecule has 1 N–H and O–H groups in total. The molecule has 2 rings (SSSR count). The molecule has 0 fully saturated rings. The van der Waals surface area contributed by atoms with Crippen molar-refractivity contribution in [3.63, 3.8) is 0 Å². The minimum absolute atomic E-state index is 0.315. The van der Waals surface area contributed by atoms with Crippen molar-refractivity contribution in [2.24, 2.45) is 4.99 Å². The van der Waals surface area contributed by atoms with E-state index < -0.39 is 0 Å². The fourth-order valence-corrected chi connectivity index (χ4v) is 3.16. The lowest BCUT2D eigenvalue weighted by atomic mass is 10.1. The number of hydrogen-bond donors (Lipinski definition) is 1. The third-order valence-corrected chi connectivity index (χ3v) is 4.61. The van der Waals surface area contributed by atoms with Crippen LogP contribution in [0.1, 0.15) is 24.5 Å². The minimum Gasteiger partial charge on any atom is -0.358 e. The van der Waals surface area contributed by atoms with E-state index in [4.69, 9.17) is 0 Å². The third kappa shape index (κ3) is 6.14. The van der Waals surface area contributed by atoms with Crippen molar-refractivity contribution in [3.8, 4) is 0 Å². The van der Waals surface area contributed by atoms with Crippen LogP contribution in [0.25, 0.3) is 0 Å². The first-order valence-electron chi connectivity index (χ1n) is 9.77. The number of nitrogens with zero attached hydrogens (tertiary/aromatic N) is 3. The number of nitrogens with one attached hydrogen (secondary N) is 1. The van der Waals surface area contributed by atoms with Crippen molar-refractivity contribution in [1.29, 1.82) is 0 Å². The Morgan fingerprint density at radius 1 is 1.00 bits per heavy atom. The van der Waals surface area contributed by atoms with Crippen molar-refractivity contribution in [1.82, 2.24) is 15.1 Å². The Hall–Kier alpha value is -3.22. The SMILES string of the molecule is C=N/C(=C(/C(=O)NC)N(Cc1ccc(F)cc1)Cc1ccc(F)cc1)N(C)CCC. The molecule has 0 aliphatic rings. The topological polar surface area (TPSA) is 47.9 Å². The van der Waals surface area contributed by atoms with Gasteiger partial charge in [0.2, 0.25) is 0 Å². The third-order valence-electron chi connectivity index (χ3n) is 4.61. The molecule has 0 bridgehead atoms. The van der Waals surface area contributed by atoms with Crippen molar-refractivity contribution in [2.45, 2.75) is 26.4 Å². The van der Waals surface area contributed by atoms with Gasteiger partial charge in [-0.25, -0.2) is 13.8 Å². The predicted octanol–water partition coefficient (Wildman–Crippen LogP) is 3.92. The van der Waals surface area contributed by atoms with Gasteiger partial charge in [-0.2, -0.15) is 0 Å². The monoisotopic (exact) mass is 414 g/mol. The first-order valence-corrected chi connectivity index (χ1v) is 9.77. The number of carbonyl (C=O) groups is 1. The van der Waals surface area contributed by atoms with Crippen molar-refractivity contribution < 1.29 is 13.6 Å². The van der Waals surface area contributed by atoms with Gasteiger partial charge in [0.05, 0.1) is 0 Å². The summed E-state index contributed by atoms with van der Waals surface area (Å²) < 4.78 is 26.7. The lowest BCUT2D eigenvalue weighted by Gasteiger charge is -2.31. The van der Waals surface area contributed by atoms with Crippen LogP contribution in [-0.4, -0.2) is 43.1 Å². The van der Waals surface area contributed by atoms with Crippen LogP contribution in [0.15, 0.2) is 65.0 Å². The van der Waals surface area contributed by atoms with Crippen LogP contribution in [0.3, 0.4) is 0 Å². The summed E-state index contributed by atoms with van der Waals surface area (Å²) in [7, 11) is 3.40. The predicted molar refractivity (Wildman–Crippen MR) is 116 cm³/mol. The van der Waals surface area contributed by atoms with Gasteiger partial charge >= 0.3 is 0 Å². The van der Waals surface area contributed by atoms with E-state index in [1.165, 1.54) is 24.3 Å². The molecule has 5 nitrogen and oxygen atoms in total. The highest BCUT2D eigenvalue weighted by Crippen LogP contribution is 2.22. The van der Waals surface area contributed by atoms with Crippen LogP contribution >= 0.6 is 0 Å². The van der Waals surface area contributed by atoms with Gasteiger partial charge in [0.25, 0.3) is 5.91 Å². The van der Waals surface area contributed by atoms with Gasteiger partial charge in [-0.05, 0) is 48.5 Å². The zero-order chi connectivity index (χ0) is 22.1. The summed E-state index contributed by atoms with van der Waals surface area (Å²) in [4.78, 5) is 20.8. The van der Waals surface area contributed by atoms with Crippen LogP contribution < -0.4 is 5.32 Å². The fraction of sp³-hybridized carbons (Fsp3) is 0.304. The molecule has 30 heavy (non-hydrogen) atoms. The fourth-order valence-electron chi connectivity index (χ4n) is 3.16. The zero-order valence-electron chi connectivity index (χ0n) is 17.7. The maximum Gasteiger partial charge on any atom is 0.271 e. The summed E-state index contributed by atoms with van der Waals surface area (Å²) in [5.41, 5.74) is 1.99. The lowest BCUT2D eigenvalue weighted by molar-refractivity contribution is -0.119. The first kappa shape index (κ1) is 23.1. The molecule has 1 amide bonds. The molecule has 160 valence electrons. The molecule has 0 aliphatic carbocycles. The van der Waals surface area contributed by atoms with Gasteiger partial charge in [0.1, 0.15) is 17.3 Å². The molecule has 0 spiro atoms. The Bertz CT molecular complexity index is 832. The Kier molecular flexibility index (Phi) is 8.53. The van der Waals surface area contributed by atoms with Gasteiger partial charge in [-0.1, -0.05) is 31.2 Å². The summed E-state index contributed by atoms with van der Waals surface area (Å²) >= 11 is 0. The normalized spacial score (nSPS) is 11.5. The second kappa shape index (κ2) is 11.1. The van der Waals surface area contributed by atoms with E-state index in [0.717, 1.165) is 17.5 Å². The molecule has 0 atom stereocenters. The molecule has 0 heterocycles. The zero-order valence-corrected chi connectivity index (χ0v) is 17.7. The molecule has 7 heteroatoms. The highest BCUT2D eigenvalue weighted by Gasteiger charge is 2.24. The molecule has 2 aromatic carbocycles.